The molecule has 2 atom stereocenters. The van der Waals surface area contributed by atoms with Gasteiger partial charge in [-0.3, -0.25) is 0 Å². The van der Waals surface area contributed by atoms with E-state index in [1.54, 1.807) is 24.7 Å². The number of hydrogen-bond acceptors (Lipinski definition) is 4. The molecule has 0 bridgehead atoms. The van der Waals surface area contributed by atoms with Gasteiger partial charge in [-0.25, -0.2) is 4.98 Å². The Morgan fingerprint density at radius 1 is 1.46 bits per heavy atom. The van der Waals surface area contributed by atoms with Crippen molar-refractivity contribution in [3.63, 3.8) is 0 Å². The Morgan fingerprint density at radius 3 is 3.04 bits per heavy atom. The van der Waals surface area contributed by atoms with Crippen LogP contribution in [0.2, 0.25) is 10.0 Å². The molecule has 0 radical (unpaired) electrons. The lowest BCUT2D eigenvalue weighted by molar-refractivity contribution is -0.191. The Bertz CT molecular complexity index is 730. The molecule has 1 fully saturated rings. The van der Waals surface area contributed by atoms with Crippen molar-refractivity contribution < 1.29 is 14.2 Å². The summed E-state index contributed by atoms with van der Waals surface area (Å²) < 4.78 is 19.5. The van der Waals surface area contributed by atoms with Crippen molar-refractivity contribution in [2.45, 2.75) is 18.4 Å². The first-order chi connectivity index (χ1) is 11.6. The first-order valence-corrected chi connectivity index (χ1v) is 8.13. The molecule has 5 nitrogen and oxygen atoms in total. The van der Waals surface area contributed by atoms with Gasteiger partial charge in [-0.1, -0.05) is 35.2 Å². The van der Waals surface area contributed by atoms with Crippen LogP contribution in [0, 0.1) is 12.3 Å². The molecule has 1 aliphatic rings. The fraction of sp³-hybridized carbons (Fsp3) is 0.353. The third-order valence-electron chi connectivity index (χ3n) is 3.64. The molecule has 1 saturated heterocycles. The second-order valence-electron chi connectivity index (χ2n) is 5.38. The molecule has 7 heteroatoms. The van der Waals surface area contributed by atoms with Crippen LogP contribution in [0.1, 0.15) is 5.56 Å². The van der Waals surface area contributed by atoms with Gasteiger partial charge in [-0.05, 0) is 12.1 Å². The van der Waals surface area contributed by atoms with Crippen LogP contribution in [0.5, 0.6) is 0 Å². The van der Waals surface area contributed by atoms with Crippen LogP contribution in [-0.4, -0.2) is 35.5 Å². The average Bonchev–Trinajstić information content (AvgIpc) is 3.19. The molecule has 1 aliphatic heterocycles. The fourth-order valence-electron chi connectivity index (χ4n) is 2.62. The van der Waals surface area contributed by atoms with E-state index in [4.69, 9.17) is 43.8 Å². The van der Waals surface area contributed by atoms with Crippen LogP contribution in [0.15, 0.2) is 36.9 Å². The number of halogens is 2. The summed E-state index contributed by atoms with van der Waals surface area (Å²) in [7, 11) is 0. The first-order valence-electron chi connectivity index (χ1n) is 7.37. The van der Waals surface area contributed by atoms with Gasteiger partial charge in [0.1, 0.15) is 12.7 Å². The zero-order valence-corrected chi connectivity index (χ0v) is 14.3. The highest BCUT2D eigenvalue weighted by molar-refractivity contribution is 6.35. The molecule has 3 rings (SSSR count). The van der Waals surface area contributed by atoms with Crippen molar-refractivity contribution >= 4 is 23.2 Å². The standard InChI is InChI=1S/C17H16Cl2N2O3/c1-2-7-22-9-14-10-23-17(24-14,11-21-6-5-20-12-21)15-4-3-13(18)8-16(15)19/h1,3-6,8,12,14H,7,9-11H2/t14-,17-/m1/s1. The van der Waals surface area contributed by atoms with Crippen LogP contribution < -0.4 is 0 Å². The molecule has 2 aromatic rings. The molecule has 0 amide bonds. The van der Waals surface area contributed by atoms with Gasteiger partial charge in [0.25, 0.3) is 0 Å². The van der Waals surface area contributed by atoms with Crippen LogP contribution in [0.3, 0.4) is 0 Å². The smallest absolute Gasteiger partial charge is 0.215 e. The minimum atomic E-state index is -1.04. The zero-order chi connectivity index (χ0) is 17.0. The molecular formula is C17H16Cl2N2O3. The van der Waals surface area contributed by atoms with Crippen molar-refractivity contribution in [2.75, 3.05) is 19.8 Å². The lowest BCUT2D eigenvalue weighted by atomic mass is 10.1. The third kappa shape index (κ3) is 3.75. The lowest BCUT2D eigenvalue weighted by Crippen LogP contribution is -2.34. The largest absolute Gasteiger partial charge is 0.366 e. The molecule has 0 unspecified atom stereocenters. The normalized spacial score (nSPS) is 23.3. The Kier molecular flexibility index (Phi) is 5.44. The van der Waals surface area contributed by atoms with Gasteiger partial charge in [0.05, 0.1) is 31.1 Å². The van der Waals surface area contributed by atoms with E-state index in [1.165, 1.54) is 0 Å². The molecule has 1 aromatic heterocycles. The van der Waals surface area contributed by atoms with E-state index in [9.17, 15) is 0 Å². The minimum Gasteiger partial charge on any atom is -0.366 e. The molecule has 126 valence electrons. The van der Waals surface area contributed by atoms with Crippen molar-refractivity contribution in [1.29, 1.82) is 0 Å². The minimum absolute atomic E-state index is 0.232. The van der Waals surface area contributed by atoms with E-state index in [-0.39, 0.29) is 12.7 Å². The SMILES string of the molecule is C#CCOC[C@@H]1CO[C@@](Cn2ccnc2)(c2ccc(Cl)cc2Cl)O1. The maximum absolute atomic E-state index is 6.39. The van der Waals surface area contributed by atoms with Gasteiger partial charge in [0.2, 0.25) is 5.79 Å². The average molecular weight is 367 g/mol. The van der Waals surface area contributed by atoms with E-state index < -0.39 is 5.79 Å². The summed E-state index contributed by atoms with van der Waals surface area (Å²) in [5, 5.41) is 1.03. The monoisotopic (exact) mass is 366 g/mol. The highest BCUT2D eigenvalue weighted by Gasteiger charge is 2.45. The molecule has 0 aliphatic carbocycles. The fourth-order valence-corrected chi connectivity index (χ4v) is 3.18. The predicted octanol–water partition coefficient (Wildman–Crippen LogP) is 3.11. The van der Waals surface area contributed by atoms with E-state index in [0.717, 1.165) is 0 Å². The molecular weight excluding hydrogens is 351 g/mol. The number of hydrogen-bond donors (Lipinski definition) is 0. The first kappa shape index (κ1) is 17.3. The highest BCUT2D eigenvalue weighted by atomic mass is 35.5. The lowest BCUT2D eigenvalue weighted by Gasteiger charge is -2.29. The quantitative estimate of drug-likeness (QED) is 0.582. The summed E-state index contributed by atoms with van der Waals surface area (Å²) in [6.45, 7) is 1.36. The summed E-state index contributed by atoms with van der Waals surface area (Å²) >= 11 is 12.4. The summed E-state index contributed by atoms with van der Waals surface area (Å²) in [4.78, 5) is 4.06. The van der Waals surface area contributed by atoms with E-state index in [1.807, 2.05) is 16.8 Å². The number of aromatic nitrogens is 2. The van der Waals surface area contributed by atoms with Gasteiger partial charge in [-0.2, -0.15) is 0 Å². The Labute approximate surface area is 150 Å². The second-order valence-corrected chi connectivity index (χ2v) is 6.23. The Hall–Kier alpha value is -1.55. The van der Waals surface area contributed by atoms with E-state index in [0.29, 0.717) is 35.4 Å². The van der Waals surface area contributed by atoms with E-state index >= 15 is 0 Å². The van der Waals surface area contributed by atoms with Crippen LogP contribution >= 0.6 is 23.2 Å². The van der Waals surface area contributed by atoms with E-state index in [2.05, 4.69) is 10.9 Å². The van der Waals surface area contributed by atoms with Gasteiger partial charge in [0.15, 0.2) is 0 Å². The van der Waals surface area contributed by atoms with Gasteiger partial charge < -0.3 is 18.8 Å². The van der Waals surface area contributed by atoms with Crippen LogP contribution in [0.25, 0.3) is 0 Å². The number of imidazole rings is 1. The van der Waals surface area contributed by atoms with Gasteiger partial charge in [-0.15, -0.1) is 6.42 Å². The number of rotatable bonds is 6. The number of terminal acetylenes is 1. The summed E-state index contributed by atoms with van der Waals surface area (Å²) in [5.41, 5.74) is 0.710. The maximum Gasteiger partial charge on any atom is 0.215 e. The summed E-state index contributed by atoms with van der Waals surface area (Å²) in [6.07, 6.45) is 10.2. The predicted molar refractivity (Wildman–Crippen MR) is 90.8 cm³/mol. The van der Waals surface area contributed by atoms with Crippen molar-refractivity contribution in [2.24, 2.45) is 0 Å². The topological polar surface area (TPSA) is 45.5 Å². The Balaban J connectivity index is 1.86. The third-order valence-corrected chi connectivity index (χ3v) is 4.19. The second kappa shape index (κ2) is 7.56. The van der Waals surface area contributed by atoms with Gasteiger partial charge in [0, 0.05) is 23.0 Å². The van der Waals surface area contributed by atoms with Gasteiger partial charge >= 0.3 is 0 Å². The number of nitrogens with zero attached hydrogens (tertiary/aromatic N) is 2. The maximum atomic E-state index is 6.39. The van der Waals surface area contributed by atoms with Crippen molar-refractivity contribution in [1.82, 2.24) is 9.55 Å². The highest BCUT2D eigenvalue weighted by Crippen LogP contribution is 2.40. The zero-order valence-electron chi connectivity index (χ0n) is 12.8. The van der Waals surface area contributed by atoms with Crippen molar-refractivity contribution in [3.8, 4) is 12.3 Å². The number of ether oxygens (including phenoxy) is 3. The number of benzene rings is 1. The molecule has 2 heterocycles. The summed E-state index contributed by atoms with van der Waals surface area (Å²) in [6, 6.07) is 5.24. The Morgan fingerprint density at radius 2 is 2.33 bits per heavy atom. The molecule has 0 N–H and O–H groups in total. The van der Waals surface area contributed by atoms with Crippen molar-refractivity contribution in [3.05, 3.63) is 52.5 Å². The summed E-state index contributed by atoms with van der Waals surface area (Å²) in [5.74, 6) is 1.39. The molecule has 0 spiro atoms. The molecule has 24 heavy (non-hydrogen) atoms. The van der Waals surface area contributed by atoms with Crippen LogP contribution in [-0.2, 0) is 26.5 Å². The molecule has 1 aromatic carbocycles. The van der Waals surface area contributed by atoms with Crippen LogP contribution in [0.4, 0.5) is 0 Å². The molecule has 0 saturated carbocycles.